The fourth-order valence-electron chi connectivity index (χ4n) is 2.68. The monoisotopic (exact) mass is 240 g/mol. The minimum Gasteiger partial charge on any atom is -0.312 e. The van der Waals surface area contributed by atoms with Crippen molar-refractivity contribution in [3.63, 3.8) is 0 Å². The van der Waals surface area contributed by atoms with Crippen molar-refractivity contribution in [2.75, 3.05) is 19.6 Å². The maximum atomic E-state index is 3.66. The van der Waals surface area contributed by atoms with Gasteiger partial charge in [-0.05, 0) is 58.5 Å². The van der Waals surface area contributed by atoms with Gasteiger partial charge in [0.05, 0.1) is 0 Å². The highest BCUT2D eigenvalue weighted by atomic mass is 15.2. The molecule has 2 atom stereocenters. The van der Waals surface area contributed by atoms with Gasteiger partial charge in [0.15, 0.2) is 0 Å². The van der Waals surface area contributed by atoms with Gasteiger partial charge in [-0.15, -0.1) is 0 Å². The van der Waals surface area contributed by atoms with E-state index in [0.717, 1.165) is 17.9 Å². The molecule has 1 saturated carbocycles. The molecule has 0 heterocycles. The molecular weight excluding hydrogens is 208 g/mol. The van der Waals surface area contributed by atoms with Crippen LogP contribution < -0.4 is 5.32 Å². The Morgan fingerprint density at radius 1 is 1.24 bits per heavy atom. The summed E-state index contributed by atoms with van der Waals surface area (Å²) >= 11 is 0. The van der Waals surface area contributed by atoms with Crippen LogP contribution in [-0.2, 0) is 0 Å². The van der Waals surface area contributed by atoms with Crippen LogP contribution in [-0.4, -0.2) is 36.1 Å². The van der Waals surface area contributed by atoms with Crippen molar-refractivity contribution < 1.29 is 0 Å². The largest absolute Gasteiger partial charge is 0.312 e. The van der Waals surface area contributed by atoms with Crippen LogP contribution in [0.4, 0.5) is 0 Å². The summed E-state index contributed by atoms with van der Waals surface area (Å²) in [5, 5.41) is 3.66. The predicted molar refractivity (Wildman–Crippen MR) is 76.4 cm³/mol. The summed E-state index contributed by atoms with van der Waals surface area (Å²) in [7, 11) is 0. The minimum atomic E-state index is 0.259. The smallest absolute Gasteiger partial charge is 0.0136 e. The van der Waals surface area contributed by atoms with Crippen molar-refractivity contribution in [1.29, 1.82) is 0 Å². The van der Waals surface area contributed by atoms with E-state index in [2.05, 4.69) is 51.8 Å². The molecule has 0 aromatic rings. The molecule has 102 valence electrons. The third-order valence-corrected chi connectivity index (χ3v) is 3.75. The Hall–Kier alpha value is -0.0800. The first-order valence-electron chi connectivity index (χ1n) is 7.32. The average Bonchev–Trinajstić information content (AvgIpc) is 2.12. The van der Waals surface area contributed by atoms with Crippen molar-refractivity contribution in [1.82, 2.24) is 10.2 Å². The molecule has 0 bridgehead atoms. The molecule has 2 nitrogen and oxygen atoms in total. The van der Waals surface area contributed by atoms with Gasteiger partial charge in [0.1, 0.15) is 0 Å². The van der Waals surface area contributed by atoms with Crippen LogP contribution in [0, 0.1) is 11.8 Å². The second kappa shape index (κ2) is 6.19. The van der Waals surface area contributed by atoms with Crippen molar-refractivity contribution in [3.8, 4) is 0 Å². The van der Waals surface area contributed by atoms with Crippen molar-refractivity contribution in [2.24, 2.45) is 11.8 Å². The Balaban J connectivity index is 2.38. The molecule has 1 aliphatic rings. The molecule has 0 saturated heterocycles. The molecule has 0 aliphatic heterocycles. The highest BCUT2D eigenvalue weighted by molar-refractivity contribution is 4.91. The number of nitrogens with zero attached hydrogens (tertiary/aromatic N) is 1. The summed E-state index contributed by atoms with van der Waals surface area (Å²) in [6.45, 7) is 17.4. The number of rotatable bonds is 6. The SMILES string of the molecule is CCN(CC(C)C)C1CCC1CNC(C)(C)C. The van der Waals surface area contributed by atoms with E-state index in [1.165, 1.54) is 32.5 Å². The van der Waals surface area contributed by atoms with Gasteiger partial charge in [-0.25, -0.2) is 0 Å². The lowest BCUT2D eigenvalue weighted by molar-refractivity contribution is 0.0536. The Kier molecular flexibility index (Phi) is 5.46. The molecule has 1 rings (SSSR count). The van der Waals surface area contributed by atoms with Crippen LogP contribution >= 0.6 is 0 Å². The van der Waals surface area contributed by atoms with E-state index in [-0.39, 0.29) is 5.54 Å². The molecule has 2 unspecified atom stereocenters. The molecule has 1 fully saturated rings. The Morgan fingerprint density at radius 3 is 2.24 bits per heavy atom. The van der Waals surface area contributed by atoms with Crippen LogP contribution in [0.25, 0.3) is 0 Å². The van der Waals surface area contributed by atoms with Gasteiger partial charge >= 0.3 is 0 Å². The van der Waals surface area contributed by atoms with E-state index >= 15 is 0 Å². The number of nitrogens with one attached hydrogen (secondary N) is 1. The van der Waals surface area contributed by atoms with Crippen molar-refractivity contribution >= 4 is 0 Å². The zero-order valence-electron chi connectivity index (χ0n) is 12.7. The Labute approximate surface area is 108 Å². The second-order valence-corrected chi connectivity index (χ2v) is 7.02. The molecule has 0 aromatic heterocycles. The summed E-state index contributed by atoms with van der Waals surface area (Å²) in [6.07, 6.45) is 2.80. The highest BCUT2D eigenvalue weighted by Crippen LogP contribution is 2.32. The first kappa shape index (κ1) is 15.0. The summed E-state index contributed by atoms with van der Waals surface area (Å²) < 4.78 is 0. The summed E-state index contributed by atoms with van der Waals surface area (Å²) in [5.74, 6) is 1.65. The van der Waals surface area contributed by atoms with Crippen LogP contribution in [0.5, 0.6) is 0 Å². The Morgan fingerprint density at radius 2 is 1.88 bits per heavy atom. The van der Waals surface area contributed by atoms with E-state index in [1.54, 1.807) is 0 Å². The van der Waals surface area contributed by atoms with Crippen molar-refractivity contribution in [3.05, 3.63) is 0 Å². The minimum absolute atomic E-state index is 0.259. The molecule has 1 N–H and O–H groups in total. The third kappa shape index (κ3) is 4.97. The molecule has 2 heteroatoms. The zero-order valence-corrected chi connectivity index (χ0v) is 12.7. The zero-order chi connectivity index (χ0) is 13.1. The molecule has 0 radical (unpaired) electrons. The fraction of sp³-hybridized carbons (Fsp3) is 1.00. The molecular formula is C15H32N2. The van der Waals surface area contributed by atoms with E-state index in [4.69, 9.17) is 0 Å². The van der Waals surface area contributed by atoms with Gasteiger partial charge in [0, 0.05) is 18.1 Å². The van der Waals surface area contributed by atoms with E-state index in [0.29, 0.717) is 0 Å². The first-order valence-corrected chi connectivity index (χ1v) is 7.32. The predicted octanol–water partition coefficient (Wildman–Crippen LogP) is 3.13. The fourth-order valence-corrected chi connectivity index (χ4v) is 2.68. The molecule has 0 spiro atoms. The topological polar surface area (TPSA) is 15.3 Å². The highest BCUT2D eigenvalue weighted by Gasteiger charge is 2.35. The van der Waals surface area contributed by atoms with Gasteiger partial charge in [0.25, 0.3) is 0 Å². The maximum Gasteiger partial charge on any atom is 0.0136 e. The number of hydrogen-bond acceptors (Lipinski definition) is 2. The van der Waals surface area contributed by atoms with Crippen LogP contribution in [0.15, 0.2) is 0 Å². The average molecular weight is 240 g/mol. The normalized spacial score (nSPS) is 25.4. The Bertz CT molecular complexity index is 217. The second-order valence-electron chi connectivity index (χ2n) is 7.02. The standard InChI is InChI=1S/C15H32N2/c1-7-17(11-12(2)3)14-9-8-13(14)10-16-15(4,5)6/h12-14,16H,7-11H2,1-6H3. The lowest BCUT2D eigenvalue weighted by atomic mass is 9.77. The van der Waals surface area contributed by atoms with Crippen LogP contribution in [0.3, 0.4) is 0 Å². The van der Waals surface area contributed by atoms with Gasteiger partial charge in [-0.2, -0.15) is 0 Å². The third-order valence-electron chi connectivity index (χ3n) is 3.75. The summed E-state index contributed by atoms with van der Waals surface area (Å²) in [5.41, 5.74) is 0.259. The summed E-state index contributed by atoms with van der Waals surface area (Å²) in [6, 6.07) is 0.831. The molecule has 1 aliphatic carbocycles. The lowest BCUT2D eigenvalue weighted by Crippen LogP contribution is -2.53. The van der Waals surface area contributed by atoms with E-state index in [1.807, 2.05) is 0 Å². The maximum absolute atomic E-state index is 3.66. The summed E-state index contributed by atoms with van der Waals surface area (Å²) in [4.78, 5) is 2.68. The van der Waals surface area contributed by atoms with Crippen LogP contribution in [0.1, 0.15) is 54.4 Å². The number of hydrogen-bond donors (Lipinski definition) is 1. The molecule has 0 amide bonds. The van der Waals surface area contributed by atoms with Gasteiger partial charge in [-0.1, -0.05) is 20.8 Å². The molecule has 0 aromatic carbocycles. The first-order chi connectivity index (χ1) is 7.83. The lowest BCUT2D eigenvalue weighted by Gasteiger charge is -2.45. The van der Waals surface area contributed by atoms with Gasteiger partial charge < -0.3 is 10.2 Å². The van der Waals surface area contributed by atoms with Gasteiger partial charge in [-0.3, -0.25) is 0 Å². The molecule has 17 heavy (non-hydrogen) atoms. The van der Waals surface area contributed by atoms with E-state index in [9.17, 15) is 0 Å². The van der Waals surface area contributed by atoms with E-state index < -0.39 is 0 Å². The van der Waals surface area contributed by atoms with Crippen molar-refractivity contribution in [2.45, 2.75) is 66.0 Å². The van der Waals surface area contributed by atoms with Crippen LogP contribution in [0.2, 0.25) is 0 Å². The van der Waals surface area contributed by atoms with Gasteiger partial charge in [0.2, 0.25) is 0 Å². The quantitative estimate of drug-likeness (QED) is 0.767.